The first-order valence-corrected chi connectivity index (χ1v) is 8.06. The first-order chi connectivity index (χ1) is 11.1. The van der Waals surface area contributed by atoms with E-state index < -0.39 is 23.2 Å². The molecule has 24 heavy (non-hydrogen) atoms. The van der Waals surface area contributed by atoms with Gasteiger partial charge in [-0.3, -0.25) is 9.69 Å². The Hall–Kier alpha value is -1.60. The van der Waals surface area contributed by atoms with Gasteiger partial charge < -0.3 is 10.4 Å². The fraction of sp³-hybridized carbons (Fsp3) is 0.588. The topological polar surface area (TPSA) is 52.6 Å². The summed E-state index contributed by atoms with van der Waals surface area (Å²) < 4.78 is 38.8. The molecular formula is C17H25F3N2O2. The quantitative estimate of drug-likeness (QED) is 0.757. The molecule has 136 valence electrons. The van der Waals surface area contributed by atoms with Crippen molar-refractivity contribution in [3.05, 3.63) is 29.8 Å². The molecule has 1 amide bonds. The lowest BCUT2D eigenvalue weighted by atomic mass is 9.97. The number of halogens is 3. The van der Waals surface area contributed by atoms with E-state index in [-0.39, 0.29) is 12.2 Å². The summed E-state index contributed by atoms with van der Waals surface area (Å²) in [7, 11) is 0. The Kier molecular flexibility index (Phi) is 7.23. The highest BCUT2D eigenvalue weighted by Gasteiger charge is 2.33. The second-order valence-electron chi connectivity index (χ2n) is 5.83. The molecule has 0 saturated carbocycles. The molecule has 0 heterocycles. The minimum Gasteiger partial charge on any atom is -0.389 e. The van der Waals surface area contributed by atoms with Gasteiger partial charge in [-0.2, -0.15) is 13.2 Å². The number of benzene rings is 1. The largest absolute Gasteiger partial charge is 0.418 e. The molecular weight excluding hydrogens is 321 g/mol. The van der Waals surface area contributed by atoms with Gasteiger partial charge in [-0.05, 0) is 31.5 Å². The van der Waals surface area contributed by atoms with Crippen LogP contribution in [0.25, 0.3) is 0 Å². The van der Waals surface area contributed by atoms with E-state index in [1.54, 1.807) is 4.90 Å². The first kappa shape index (κ1) is 20.4. The third-order valence-electron chi connectivity index (χ3n) is 4.16. The zero-order valence-electron chi connectivity index (χ0n) is 14.3. The van der Waals surface area contributed by atoms with Gasteiger partial charge >= 0.3 is 6.18 Å². The van der Waals surface area contributed by atoms with Crippen LogP contribution >= 0.6 is 0 Å². The molecule has 0 unspecified atom stereocenters. The average molecular weight is 346 g/mol. The molecule has 0 aliphatic carbocycles. The van der Waals surface area contributed by atoms with Crippen LogP contribution in [0, 0.1) is 0 Å². The van der Waals surface area contributed by atoms with Crippen molar-refractivity contribution in [2.75, 3.05) is 25.0 Å². The maximum absolute atomic E-state index is 12.9. The predicted molar refractivity (Wildman–Crippen MR) is 87.7 cm³/mol. The number of hydrogen-bond donors (Lipinski definition) is 2. The molecule has 1 aromatic rings. The maximum atomic E-state index is 12.9. The summed E-state index contributed by atoms with van der Waals surface area (Å²) in [6.45, 7) is 6.28. The van der Waals surface area contributed by atoms with Gasteiger partial charge in [-0.1, -0.05) is 32.9 Å². The highest BCUT2D eigenvalue weighted by molar-refractivity contribution is 5.93. The second kappa shape index (κ2) is 8.48. The Morgan fingerprint density at radius 3 is 2.25 bits per heavy atom. The summed E-state index contributed by atoms with van der Waals surface area (Å²) in [5, 5.41) is 12.7. The van der Waals surface area contributed by atoms with Gasteiger partial charge in [-0.15, -0.1) is 0 Å². The van der Waals surface area contributed by atoms with Crippen LogP contribution in [-0.4, -0.2) is 41.1 Å². The van der Waals surface area contributed by atoms with Crippen molar-refractivity contribution in [2.45, 2.75) is 45.4 Å². The number of rotatable bonds is 8. The van der Waals surface area contributed by atoms with Gasteiger partial charge in [0.1, 0.15) is 0 Å². The molecule has 0 radical (unpaired) electrons. The number of nitrogens with one attached hydrogen (secondary N) is 1. The first-order valence-electron chi connectivity index (χ1n) is 8.06. The minimum absolute atomic E-state index is 0.0784. The highest BCUT2D eigenvalue weighted by atomic mass is 19.4. The van der Waals surface area contributed by atoms with Gasteiger partial charge in [0.25, 0.3) is 0 Å². The monoisotopic (exact) mass is 346 g/mol. The fourth-order valence-corrected chi connectivity index (χ4v) is 2.40. The third kappa shape index (κ3) is 5.79. The van der Waals surface area contributed by atoms with Crippen molar-refractivity contribution >= 4 is 11.6 Å². The number of hydrogen-bond acceptors (Lipinski definition) is 3. The van der Waals surface area contributed by atoms with E-state index in [9.17, 15) is 23.1 Å². The average Bonchev–Trinajstić information content (AvgIpc) is 2.53. The summed E-state index contributed by atoms with van der Waals surface area (Å²) in [5.41, 5.74) is -2.03. The number of nitrogens with zero attached hydrogens (tertiary/aromatic N) is 1. The lowest BCUT2D eigenvalue weighted by Crippen LogP contribution is -2.45. The van der Waals surface area contributed by atoms with Crippen LogP contribution in [0.3, 0.4) is 0 Å². The van der Waals surface area contributed by atoms with Crippen LogP contribution in [0.1, 0.15) is 39.2 Å². The van der Waals surface area contributed by atoms with E-state index >= 15 is 0 Å². The van der Waals surface area contributed by atoms with Crippen LogP contribution in [0.5, 0.6) is 0 Å². The van der Waals surface area contributed by atoms with Crippen molar-refractivity contribution < 1.29 is 23.1 Å². The molecule has 1 aromatic carbocycles. The molecule has 7 heteroatoms. The van der Waals surface area contributed by atoms with Crippen molar-refractivity contribution in [3.63, 3.8) is 0 Å². The van der Waals surface area contributed by atoms with Crippen LogP contribution in [-0.2, 0) is 11.0 Å². The van der Waals surface area contributed by atoms with E-state index in [0.29, 0.717) is 25.9 Å². The molecule has 0 atom stereocenters. The maximum Gasteiger partial charge on any atom is 0.418 e. The minimum atomic E-state index is -4.53. The van der Waals surface area contributed by atoms with Gasteiger partial charge in [0, 0.05) is 6.54 Å². The normalized spacial score (nSPS) is 12.5. The third-order valence-corrected chi connectivity index (χ3v) is 4.16. The van der Waals surface area contributed by atoms with Crippen molar-refractivity contribution in [2.24, 2.45) is 0 Å². The molecule has 2 N–H and O–H groups in total. The number of carbonyl (C=O) groups is 1. The summed E-state index contributed by atoms with van der Waals surface area (Å²) in [6, 6.07) is 4.88. The van der Waals surface area contributed by atoms with Crippen LogP contribution < -0.4 is 5.32 Å². The molecule has 4 nitrogen and oxygen atoms in total. The fourth-order valence-electron chi connectivity index (χ4n) is 2.40. The lowest BCUT2D eigenvalue weighted by molar-refractivity contribution is -0.137. The Bertz CT molecular complexity index is 543. The Labute approximate surface area is 140 Å². The molecule has 0 fully saturated rings. The molecule has 0 spiro atoms. The molecule has 1 rings (SSSR count). The van der Waals surface area contributed by atoms with E-state index in [0.717, 1.165) is 6.07 Å². The number of alkyl halides is 3. The summed E-state index contributed by atoms with van der Waals surface area (Å²) in [4.78, 5) is 13.8. The highest BCUT2D eigenvalue weighted by Crippen LogP contribution is 2.34. The van der Waals surface area contributed by atoms with Crippen LogP contribution in [0.4, 0.5) is 18.9 Å². The van der Waals surface area contributed by atoms with Crippen molar-refractivity contribution in [3.8, 4) is 0 Å². The van der Waals surface area contributed by atoms with E-state index in [1.165, 1.54) is 18.2 Å². The van der Waals surface area contributed by atoms with Crippen LogP contribution in [0.2, 0.25) is 0 Å². The van der Waals surface area contributed by atoms with Crippen LogP contribution in [0.15, 0.2) is 24.3 Å². The molecule has 0 bridgehead atoms. The standard InChI is InChI=1S/C17H25F3N2O2/c1-4-16(24,5-2)12-22(6-3)11-15(23)21-14-10-8-7-9-13(14)17(18,19)20/h7-10,24H,4-6,11-12H2,1-3H3,(H,21,23). The van der Waals surface area contributed by atoms with E-state index in [2.05, 4.69) is 5.32 Å². The smallest absolute Gasteiger partial charge is 0.389 e. The number of para-hydroxylation sites is 1. The van der Waals surface area contributed by atoms with E-state index in [1.807, 2.05) is 20.8 Å². The van der Waals surface area contributed by atoms with E-state index in [4.69, 9.17) is 0 Å². The van der Waals surface area contributed by atoms with Crippen molar-refractivity contribution in [1.29, 1.82) is 0 Å². The molecule has 0 aliphatic heterocycles. The zero-order valence-corrected chi connectivity index (χ0v) is 14.3. The number of carbonyl (C=O) groups excluding carboxylic acids is 1. The van der Waals surface area contributed by atoms with Gasteiger partial charge in [-0.25, -0.2) is 0 Å². The zero-order chi connectivity index (χ0) is 18.4. The van der Waals surface area contributed by atoms with Gasteiger partial charge in [0.2, 0.25) is 5.91 Å². The predicted octanol–water partition coefficient (Wildman–Crippen LogP) is 3.52. The molecule has 0 aliphatic rings. The molecule has 0 aromatic heterocycles. The summed E-state index contributed by atoms with van der Waals surface area (Å²) >= 11 is 0. The second-order valence-corrected chi connectivity index (χ2v) is 5.83. The summed E-state index contributed by atoms with van der Waals surface area (Å²) in [5.74, 6) is -0.539. The lowest BCUT2D eigenvalue weighted by Gasteiger charge is -2.32. The Morgan fingerprint density at radius 1 is 1.17 bits per heavy atom. The SMILES string of the molecule is CCN(CC(=O)Nc1ccccc1C(F)(F)F)CC(O)(CC)CC. The van der Waals surface area contributed by atoms with Crippen molar-refractivity contribution in [1.82, 2.24) is 4.90 Å². The Morgan fingerprint density at radius 2 is 1.75 bits per heavy atom. The molecule has 0 saturated heterocycles. The number of likely N-dealkylation sites (N-methyl/N-ethyl adjacent to an activating group) is 1. The van der Waals surface area contributed by atoms with Gasteiger partial charge in [0.05, 0.1) is 23.4 Å². The number of aliphatic hydroxyl groups is 1. The summed E-state index contributed by atoms with van der Waals surface area (Å²) in [6.07, 6.45) is -3.45. The Balaban J connectivity index is 2.79. The number of anilines is 1. The van der Waals surface area contributed by atoms with Gasteiger partial charge in [0.15, 0.2) is 0 Å². The number of amides is 1.